The van der Waals surface area contributed by atoms with Crippen molar-refractivity contribution in [2.45, 2.75) is 51.2 Å². The highest BCUT2D eigenvalue weighted by Crippen LogP contribution is 2.49. The fourth-order valence-electron chi connectivity index (χ4n) is 3.58. The van der Waals surface area contributed by atoms with Crippen LogP contribution in [-0.4, -0.2) is 28.4 Å². The number of oxazole rings is 1. The van der Waals surface area contributed by atoms with Crippen molar-refractivity contribution in [2.24, 2.45) is 5.41 Å². The van der Waals surface area contributed by atoms with Gasteiger partial charge in [0.05, 0.1) is 17.3 Å². The van der Waals surface area contributed by atoms with Crippen molar-refractivity contribution >= 4 is 5.91 Å². The smallest absolute Gasteiger partial charge is 0.273 e. The molecule has 8 heteroatoms. The maximum absolute atomic E-state index is 13.3. The van der Waals surface area contributed by atoms with Gasteiger partial charge in [0.15, 0.2) is 0 Å². The first-order valence-electron chi connectivity index (χ1n) is 8.99. The molecular formula is C20H19F2N3O3. The third-order valence-corrected chi connectivity index (χ3v) is 5.39. The molecule has 1 N–H and O–H groups in total. The molecule has 1 aliphatic heterocycles. The molecule has 2 aromatic rings. The molecular weight excluding hydrogens is 368 g/mol. The van der Waals surface area contributed by atoms with E-state index in [4.69, 9.17) is 9.15 Å². The van der Waals surface area contributed by atoms with Crippen LogP contribution in [0.5, 0.6) is 5.75 Å². The molecule has 1 amide bonds. The number of hydrogen-bond acceptors (Lipinski definition) is 5. The molecule has 2 atom stereocenters. The first-order chi connectivity index (χ1) is 13.3. The highest BCUT2D eigenvalue weighted by Gasteiger charge is 2.51. The van der Waals surface area contributed by atoms with E-state index in [1.54, 1.807) is 12.4 Å². The van der Waals surface area contributed by atoms with E-state index in [1.807, 2.05) is 0 Å². The summed E-state index contributed by atoms with van der Waals surface area (Å²) in [5.41, 5.74) is -1.37. The van der Waals surface area contributed by atoms with Gasteiger partial charge in [0.1, 0.15) is 23.5 Å². The number of halogens is 2. The molecule has 28 heavy (non-hydrogen) atoms. The van der Waals surface area contributed by atoms with Crippen LogP contribution in [-0.2, 0) is 10.3 Å². The predicted molar refractivity (Wildman–Crippen MR) is 94.6 cm³/mol. The molecule has 146 valence electrons. The van der Waals surface area contributed by atoms with Crippen LogP contribution in [0.15, 0.2) is 29.3 Å². The van der Waals surface area contributed by atoms with Crippen molar-refractivity contribution in [2.75, 3.05) is 0 Å². The van der Waals surface area contributed by atoms with Crippen molar-refractivity contribution in [1.29, 1.82) is 0 Å². The van der Waals surface area contributed by atoms with Gasteiger partial charge in [-0.05, 0) is 32.6 Å². The predicted octanol–water partition coefficient (Wildman–Crippen LogP) is 3.02. The maximum atomic E-state index is 13.3. The molecule has 2 aliphatic rings. The zero-order valence-electron chi connectivity index (χ0n) is 15.5. The summed E-state index contributed by atoms with van der Waals surface area (Å²) in [5.74, 6) is 5.84. The summed E-state index contributed by atoms with van der Waals surface area (Å²) >= 11 is 0. The Balaban J connectivity index is 1.71. The van der Waals surface area contributed by atoms with Crippen LogP contribution in [0.3, 0.4) is 0 Å². The maximum Gasteiger partial charge on any atom is 0.273 e. The van der Waals surface area contributed by atoms with Gasteiger partial charge in [0.25, 0.3) is 12.3 Å². The molecule has 2 aromatic heterocycles. The van der Waals surface area contributed by atoms with Gasteiger partial charge in [-0.2, -0.15) is 0 Å². The summed E-state index contributed by atoms with van der Waals surface area (Å²) in [6, 6.07) is 0. The summed E-state index contributed by atoms with van der Waals surface area (Å²) in [6.07, 6.45) is 5.03. The zero-order valence-corrected chi connectivity index (χ0v) is 15.5. The van der Waals surface area contributed by atoms with E-state index in [2.05, 4.69) is 27.1 Å². The molecule has 1 aliphatic carbocycles. The Morgan fingerprint density at radius 1 is 1.39 bits per heavy atom. The largest absolute Gasteiger partial charge is 0.489 e. The number of ether oxygens (including phenoxy) is 1. The van der Waals surface area contributed by atoms with Crippen molar-refractivity contribution in [3.8, 4) is 17.6 Å². The lowest BCUT2D eigenvalue weighted by Crippen LogP contribution is -2.52. The number of nitrogens with zero attached hydrogens (tertiary/aromatic N) is 2. The number of rotatable bonds is 3. The third-order valence-electron chi connectivity index (χ3n) is 5.39. The number of hydrogen-bond donors (Lipinski definition) is 1. The standard InChI is InChI=1S/C20H19F2N3O3/c1-19(2,17(21)22)18(26)25-20-6-5-13(9-20)28-16-12(10-23-11-14(16)20)3-4-15-24-7-8-27-15/h7-8,10-11,13,17H,5-6,9H2,1-2H3,(H,25,26)/t13-,20?/m1/s1. The van der Waals surface area contributed by atoms with Gasteiger partial charge in [-0.1, -0.05) is 5.92 Å². The van der Waals surface area contributed by atoms with Gasteiger partial charge in [0, 0.05) is 24.4 Å². The van der Waals surface area contributed by atoms with Crippen LogP contribution in [0.4, 0.5) is 8.78 Å². The van der Waals surface area contributed by atoms with E-state index >= 15 is 0 Å². The van der Waals surface area contributed by atoms with Gasteiger partial charge in [-0.25, -0.2) is 13.8 Å². The van der Waals surface area contributed by atoms with Crippen LogP contribution in [0.25, 0.3) is 0 Å². The summed E-state index contributed by atoms with van der Waals surface area (Å²) < 4.78 is 37.8. The second kappa shape index (κ2) is 6.59. The lowest BCUT2D eigenvalue weighted by atomic mass is 9.83. The minimum absolute atomic E-state index is 0.118. The summed E-state index contributed by atoms with van der Waals surface area (Å²) in [5, 5.41) is 2.88. The molecule has 0 spiro atoms. The quantitative estimate of drug-likeness (QED) is 0.820. The van der Waals surface area contributed by atoms with Gasteiger partial charge < -0.3 is 14.5 Å². The molecule has 4 rings (SSSR count). The summed E-state index contributed by atoms with van der Waals surface area (Å²) in [4.78, 5) is 20.8. The van der Waals surface area contributed by atoms with E-state index in [0.29, 0.717) is 36.1 Å². The minimum atomic E-state index is -2.77. The van der Waals surface area contributed by atoms with E-state index in [9.17, 15) is 13.6 Å². The first-order valence-corrected chi connectivity index (χ1v) is 8.99. The summed E-state index contributed by atoms with van der Waals surface area (Å²) in [7, 11) is 0. The zero-order chi connectivity index (χ0) is 19.9. The van der Waals surface area contributed by atoms with Gasteiger partial charge in [0.2, 0.25) is 5.91 Å². The number of nitrogens with one attached hydrogen (secondary N) is 1. The van der Waals surface area contributed by atoms with Gasteiger partial charge in [-0.15, -0.1) is 0 Å². The second-order valence-electron chi connectivity index (χ2n) is 7.69. The highest BCUT2D eigenvalue weighted by molar-refractivity contribution is 5.83. The molecule has 1 fully saturated rings. The Morgan fingerprint density at radius 3 is 2.93 bits per heavy atom. The second-order valence-corrected chi connectivity index (χ2v) is 7.69. The molecule has 6 nitrogen and oxygen atoms in total. The topological polar surface area (TPSA) is 77.2 Å². The van der Waals surface area contributed by atoms with E-state index in [-0.39, 0.29) is 12.0 Å². The Kier molecular flexibility index (Phi) is 4.33. The number of amides is 1. The van der Waals surface area contributed by atoms with Crippen LogP contribution in [0.2, 0.25) is 0 Å². The van der Waals surface area contributed by atoms with Gasteiger partial charge >= 0.3 is 0 Å². The van der Waals surface area contributed by atoms with Crippen molar-refractivity contribution in [3.05, 3.63) is 41.9 Å². The Morgan fingerprint density at radius 2 is 2.21 bits per heavy atom. The van der Waals surface area contributed by atoms with Crippen molar-refractivity contribution in [3.63, 3.8) is 0 Å². The average molecular weight is 387 g/mol. The third kappa shape index (κ3) is 3.01. The van der Waals surface area contributed by atoms with Crippen LogP contribution < -0.4 is 10.1 Å². The molecule has 0 saturated heterocycles. The number of pyridine rings is 1. The number of carbonyl (C=O) groups is 1. The van der Waals surface area contributed by atoms with Crippen LogP contribution in [0, 0.1) is 17.3 Å². The first kappa shape index (κ1) is 18.4. The normalized spacial score (nSPS) is 22.8. The van der Waals surface area contributed by atoms with E-state index in [0.717, 1.165) is 0 Å². The molecule has 1 saturated carbocycles. The molecule has 3 heterocycles. The number of alkyl halides is 2. The fourth-order valence-corrected chi connectivity index (χ4v) is 3.58. The van der Waals surface area contributed by atoms with Gasteiger partial charge in [-0.3, -0.25) is 9.78 Å². The van der Waals surface area contributed by atoms with Crippen LogP contribution in [0.1, 0.15) is 50.1 Å². The minimum Gasteiger partial charge on any atom is -0.489 e. The highest BCUT2D eigenvalue weighted by atomic mass is 19.3. The lowest BCUT2D eigenvalue weighted by Gasteiger charge is -2.38. The number of carbonyl (C=O) groups excluding carboxylic acids is 1. The fraction of sp³-hybridized carbons (Fsp3) is 0.450. The summed E-state index contributed by atoms with van der Waals surface area (Å²) in [6.45, 7) is 2.49. The van der Waals surface area contributed by atoms with Crippen LogP contribution >= 0.6 is 0 Å². The Hall–Kier alpha value is -2.95. The molecule has 0 radical (unpaired) electrons. The number of aromatic nitrogens is 2. The number of fused-ring (bicyclic) bond motifs is 4. The lowest BCUT2D eigenvalue weighted by molar-refractivity contribution is -0.139. The monoisotopic (exact) mass is 387 g/mol. The Bertz CT molecular complexity index is 963. The van der Waals surface area contributed by atoms with E-state index < -0.39 is 23.3 Å². The van der Waals surface area contributed by atoms with Crippen molar-refractivity contribution < 1.29 is 22.7 Å². The van der Waals surface area contributed by atoms with E-state index in [1.165, 1.54) is 26.3 Å². The van der Waals surface area contributed by atoms with Crippen molar-refractivity contribution in [1.82, 2.24) is 15.3 Å². The molecule has 0 aromatic carbocycles. The molecule has 2 bridgehead atoms. The average Bonchev–Trinajstić information content (AvgIpc) is 3.29. The molecule has 1 unspecified atom stereocenters. The SMILES string of the molecule is CC(C)(C(=O)NC12CC[C@H](C1)Oc1c(C#Cc3ncco3)cncc12)C(F)F. The Labute approximate surface area is 160 Å².